The Balaban J connectivity index is 2.21. The fourth-order valence-corrected chi connectivity index (χ4v) is 1.84. The summed E-state index contributed by atoms with van der Waals surface area (Å²) in [4.78, 5) is 0. The lowest BCUT2D eigenvalue weighted by Gasteiger charge is -2.28. The van der Waals surface area contributed by atoms with Gasteiger partial charge in [0.1, 0.15) is 0 Å². The third kappa shape index (κ3) is 3.95. The monoisotopic (exact) mass is 202 g/mol. The molecule has 1 N–H and O–H groups in total. The molecule has 14 heavy (non-hydrogen) atoms. The fraction of sp³-hybridized carbons (Fsp3) is 1.00. The maximum absolute atomic E-state index is 9.33. The molecule has 1 fully saturated rings. The summed E-state index contributed by atoms with van der Waals surface area (Å²) >= 11 is 0. The van der Waals surface area contributed by atoms with Gasteiger partial charge in [0, 0.05) is 6.61 Å². The van der Waals surface area contributed by atoms with Gasteiger partial charge >= 0.3 is 0 Å². The average molecular weight is 202 g/mol. The summed E-state index contributed by atoms with van der Waals surface area (Å²) in [5, 5.41) is 9.33. The summed E-state index contributed by atoms with van der Waals surface area (Å²) in [6.45, 7) is 4.75. The van der Waals surface area contributed by atoms with E-state index in [-0.39, 0.29) is 18.5 Å². The summed E-state index contributed by atoms with van der Waals surface area (Å²) in [5.74, 6) is 0. The average Bonchev–Trinajstić information content (AvgIpc) is 2.20. The van der Waals surface area contributed by atoms with Crippen molar-refractivity contribution in [3.8, 4) is 0 Å². The molecule has 84 valence electrons. The van der Waals surface area contributed by atoms with Gasteiger partial charge < -0.3 is 14.6 Å². The van der Waals surface area contributed by atoms with Crippen molar-refractivity contribution < 1.29 is 14.6 Å². The maximum Gasteiger partial charge on any atom is 0.157 e. The van der Waals surface area contributed by atoms with Crippen molar-refractivity contribution in [3.05, 3.63) is 0 Å². The Morgan fingerprint density at radius 3 is 2.36 bits per heavy atom. The number of aliphatic hydroxyl groups is 1. The Morgan fingerprint density at radius 2 is 1.86 bits per heavy atom. The molecule has 0 heterocycles. The minimum atomic E-state index is -0.109. The third-order valence-electron chi connectivity index (χ3n) is 2.67. The fourth-order valence-electron chi connectivity index (χ4n) is 1.84. The molecule has 1 unspecified atom stereocenters. The molecule has 0 bridgehead atoms. The summed E-state index contributed by atoms with van der Waals surface area (Å²) < 4.78 is 11.2. The van der Waals surface area contributed by atoms with Gasteiger partial charge in [0.15, 0.2) is 6.29 Å². The summed E-state index contributed by atoms with van der Waals surface area (Å²) in [6.07, 6.45) is 4.68. The van der Waals surface area contributed by atoms with E-state index in [1.54, 1.807) is 0 Å². The molecular formula is C11H22O3. The molecule has 1 aliphatic rings. The van der Waals surface area contributed by atoms with Crippen LogP contribution in [-0.4, -0.2) is 30.2 Å². The highest BCUT2D eigenvalue weighted by atomic mass is 16.7. The molecule has 1 atom stereocenters. The van der Waals surface area contributed by atoms with Gasteiger partial charge in [-0.15, -0.1) is 0 Å². The molecule has 3 nitrogen and oxygen atoms in total. The molecule has 0 aromatic heterocycles. The minimum Gasteiger partial charge on any atom is -0.393 e. The van der Waals surface area contributed by atoms with Gasteiger partial charge in [0.2, 0.25) is 0 Å². The predicted octanol–water partition coefficient (Wildman–Crippen LogP) is 2.08. The van der Waals surface area contributed by atoms with E-state index < -0.39 is 0 Å². The van der Waals surface area contributed by atoms with Crippen molar-refractivity contribution in [1.82, 2.24) is 0 Å². The highest BCUT2D eigenvalue weighted by molar-refractivity contribution is 4.71. The van der Waals surface area contributed by atoms with Crippen LogP contribution in [0.3, 0.4) is 0 Å². The smallest absolute Gasteiger partial charge is 0.157 e. The Kier molecular flexibility index (Phi) is 5.45. The highest BCUT2D eigenvalue weighted by Gasteiger charge is 2.22. The van der Waals surface area contributed by atoms with E-state index in [0.717, 1.165) is 32.1 Å². The number of hydrogen-bond acceptors (Lipinski definition) is 3. The molecule has 0 amide bonds. The molecule has 3 heteroatoms. The van der Waals surface area contributed by atoms with Crippen molar-refractivity contribution in [2.75, 3.05) is 6.61 Å². The minimum absolute atomic E-state index is 0.0553. The summed E-state index contributed by atoms with van der Waals surface area (Å²) in [5.41, 5.74) is 0. The van der Waals surface area contributed by atoms with Gasteiger partial charge in [-0.1, -0.05) is 6.92 Å². The zero-order chi connectivity index (χ0) is 10.4. The molecule has 0 saturated heterocycles. The predicted molar refractivity (Wildman–Crippen MR) is 55.1 cm³/mol. The van der Waals surface area contributed by atoms with Gasteiger partial charge in [0.25, 0.3) is 0 Å². The Morgan fingerprint density at radius 1 is 1.21 bits per heavy atom. The van der Waals surface area contributed by atoms with Crippen LogP contribution < -0.4 is 0 Å². The second-order valence-corrected chi connectivity index (χ2v) is 3.86. The molecular weight excluding hydrogens is 180 g/mol. The Labute approximate surface area is 86.4 Å². The zero-order valence-corrected chi connectivity index (χ0v) is 9.24. The first kappa shape index (κ1) is 12.0. The van der Waals surface area contributed by atoms with Gasteiger partial charge in [-0.25, -0.2) is 0 Å². The lowest BCUT2D eigenvalue weighted by Crippen LogP contribution is -2.29. The first-order valence-corrected chi connectivity index (χ1v) is 5.71. The van der Waals surface area contributed by atoms with Gasteiger partial charge in [0.05, 0.1) is 12.2 Å². The van der Waals surface area contributed by atoms with Gasteiger partial charge in [-0.3, -0.25) is 0 Å². The highest BCUT2D eigenvalue weighted by Crippen LogP contribution is 2.22. The Hall–Kier alpha value is -0.120. The van der Waals surface area contributed by atoms with E-state index in [9.17, 15) is 5.11 Å². The molecule has 0 aliphatic heterocycles. The van der Waals surface area contributed by atoms with Crippen LogP contribution in [0.15, 0.2) is 0 Å². The first-order valence-electron chi connectivity index (χ1n) is 5.71. The van der Waals surface area contributed by atoms with E-state index in [1.807, 2.05) is 6.92 Å². The van der Waals surface area contributed by atoms with E-state index in [4.69, 9.17) is 9.47 Å². The van der Waals surface area contributed by atoms with E-state index >= 15 is 0 Å². The number of aliphatic hydroxyl groups excluding tert-OH is 1. The Bertz CT molecular complexity index is 141. The second kappa shape index (κ2) is 6.38. The molecule has 1 rings (SSSR count). The lowest BCUT2D eigenvalue weighted by atomic mass is 9.95. The zero-order valence-electron chi connectivity index (χ0n) is 9.24. The van der Waals surface area contributed by atoms with E-state index in [0.29, 0.717) is 6.61 Å². The topological polar surface area (TPSA) is 38.7 Å². The van der Waals surface area contributed by atoms with Crippen LogP contribution >= 0.6 is 0 Å². The van der Waals surface area contributed by atoms with Crippen LogP contribution in [0.2, 0.25) is 0 Å². The molecule has 0 spiro atoms. The van der Waals surface area contributed by atoms with Crippen LogP contribution in [0.4, 0.5) is 0 Å². The van der Waals surface area contributed by atoms with Gasteiger partial charge in [-0.2, -0.15) is 0 Å². The largest absolute Gasteiger partial charge is 0.393 e. The SMILES string of the molecule is CCOC(CC)OC1CCC(O)CC1. The number of rotatable bonds is 5. The number of ether oxygens (including phenoxy) is 2. The quantitative estimate of drug-likeness (QED) is 0.694. The lowest BCUT2D eigenvalue weighted by molar-refractivity contribution is -0.178. The molecule has 1 saturated carbocycles. The summed E-state index contributed by atoms with van der Waals surface area (Å²) in [7, 11) is 0. The van der Waals surface area contributed by atoms with Crippen molar-refractivity contribution >= 4 is 0 Å². The van der Waals surface area contributed by atoms with Crippen LogP contribution in [0.1, 0.15) is 46.0 Å². The summed E-state index contributed by atoms with van der Waals surface area (Å²) in [6, 6.07) is 0. The van der Waals surface area contributed by atoms with Gasteiger partial charge in [-0.05, 0) is 39.0 Å². The van der Waals surface area contributed by atoms with E-state index in [2.05, 4.69) is 6.92 Å². The molecule has 0 radical (unpaired) electrons. The second-order valence-electron chi connectivity index (χ2n) is 3.86. The maximum atomic E-state index is 9.33. The van der Waals surface area contributed by atoms with Crippen LogP contribution in [-0.2, 0) is 9.47 Å². The van der Waals surface area contributed by atoms with Crippen LogP contribution in [0.25, 0.3) is 0 Å². The van der Waals surface area contributed by atoms with Crippen molar-refractivity contribution in [2.45, 2.75) is 64.4 Å². The molecule has 0 aromatic rings. The van der Waals surface area contributed by atoms with E-state index in [1.165, 1.54) is 0 Å². The van der Waals surface area contributed by atoms with Crippen LogP contribution in [0.5, 0.6) is 0 Å². The van der Waals surface area contributed by atoms with Crippen molar-refractivity contribution in [1.29, 1.82) is 0 Å². The number of hydrogen-bond donors (Lipinski definition) is 1. The standard InChI is InChI=1S/C11H22O3/c1-3-11(13-4-2)14-10-7-5-9(12)6-8-10/h9-12H,3-8H2,1-2H3. The molecule has 1 aliphatic carbocycles. The molecule has 0 aromatic carbocycles. The van der Waals surface area contributed by atoms with Crippen molar-refractivity contribution in [2.24, 2.45) is 0 Å². The van der Waals surface area contributed by atoms with Crippen molar-refractivity contribution in [3.63, 3.8) is 0 Å². The van der Waals surface area contributed by atoms with Crippen LogP contribution in [0, 0.1) is 0 Å². The first-order chi connectivity index (χ1) is 6.76. The normalized spacial score (nSPS) is 30.2. The third-order valence-corrected chi connectivity index (χ3v) is 2.67.